The van der Waals surface area contributed by atoms with Gasteiger partial charge in [0.05, 0.1) is 6.10 Å². The minimum atomic E-state index is -0.173. The zero-order valence-corrected chi connectivity index (χ0v) is 11.4. The lowest BCUT2D eigenvalue weighted by Gasteiger charge is -2.49. The molecule has 2 rings (SSSR count). The van der Waals surface area contributed by atoms with Crippen LogP contribution in [0.1, 0.15) is 25.8 Å². The van der Waals surface area contributed by atoms with Gasteiger partial charge in [-0.05, 0) is 31.0 Å². The van der Waals surface area contributed by atoms with Crippen LogP contribution in [0.4, 0.5) is 0 Å². The molecule has 2 N–H and O–H groups in total. The molecule has 18 heavy (non-hydrogen) atoms. The highest BCUT2D eigenvalue weighted by Crippen LogP contribution is 2.40. The molecular weight excluding hydrogens is 226 g/mol. The molecule has 0 heterocycles. The SMILES string of the molecule is Cc1cccc(OCCNC2CC(O)C2(C)C)c1. The van der Waals surface area contributed by atoms with E-state index in [-0.39, 0.29) is 11.5 Å². The number of ether oxygens (including phenoxy) is 1. The van der Waals surface area contributed by atoms with Crippen molar-refractivity contribution >= 4 is 0 Å². The van der Waals surface area contributed by atoms with Crippen LogP contribution in [0, 0.1) is 12.3 Å². The summed E-state index contributed by atoms with van der Waals surface area (Å²) in [6.07, 6.45) is 0.671. The molecule has 0 saturated heterocycles. The second-order valence-corrected chi connectivity index (χ2v) is 5.74. The molecule has 1 aromatic carbocycles. The Kier molecular flexibility index (Phi) is 3.93. The summed E-state index contributed by atoms with van der Waals surface area (Å²) in [4.78, 5) is 0. The Balaban J connectivity index is 1.68. The number of nitrogens with one attached hydrogen (secondary N) is 1. The maximum absolute atomic E-state index is 9.64. The van der Waals surface area contributed by atoms with Gasteiger partial charge in [-0.25, -0.2) is 0 Å². The van der Waals surface area contributed by atoms with Crippen molar-refractivity contribution in [3.8, 4) is 5.75 Å². The Morgan fingerprint density at radius 1 is 1.44 bits per heavy atom. The first-order chi connectivity index (χ1) is 8.50. The molecule has 1 aliphatic rings. The molecule has 3 nitrogen and oxygen atoms in total. The molecule has 0 spiro atoms. The lowest BCUT2D eigenvalue weighted by atomic mass is 9.64. The zero-order valence-electron chi connectivity index (χ0n) is 11.4. The summed E-state index contributed by atoms with van der Waals surface area (Å²) >= 11 is 0. The van der Waals surface area contributed by atoms with Crippen LogP contribution in [0.5, 0.6) is 5.75 Å². The van der Waals surface area contributed by atoms with Gasteiger partial charge in [0, 0.05) is 18.0 Å². The highest BCUT2D eigenvalue weighted by Gasteiger charge is 2.46. The van der Waals surface area contributed by atoms with Crippen LogP contribution < -0.4 is 10.1 Å². The molecule has 0 bridgehead atoms. The van der Waals surface area contributed by atoms with Crippen molar-refractivity contribution in [1.29, 1.82) is 0 Å². The fraction of sp³-hybridized carbons (Fsp3) is 0.600. The molecule has 0 aliphatic heterocycles. The largest absolute Gasteiger partial charge is 0.492 e. The Morgan fingerprint density at radius 3 is 2.83 bits per heavy atom. The van der Waals surface area contributed by atoms with Gasteiger partial charge in [-0.3, -0.25) is 0 Å². The summed E-state index contributed by atoms with van der Waals surface area (Å²) in [5.74, 6) is 0.921. The van der Waals surface area contributed by atoms with Crippen LogP contribution in [-0.2, 0) is 0 Å². The molecule has 1 aromatic rings. The Labute approximate surface area is 109 Å². The third-order valence-electron chi connectivity index (χ3n) is 3.97. The predicted molar refractivity (Wildman–Crippen MR) is 72.9 cm³/mol. The van der Waals surface area contributed by atoms with Crippen LogP contribution in [0.3, 0.4) is 0 Å². The monoisotopic (exact) mass is 249 g/mol. The summed E-state index contributed by atoms with van der Waals surface area (Å²) in [5.41, 5.74) is 1.20. The first kappa shape index (κ1) is 13.4. The van der Waals surface area contributed by atoms with Crippen LogP contribution in [-0.4, -0.2) is 30.4 Å². The third kappa shape index (κ3) is 2.85. The summed E-state index contributed by atoms with van der Waals surface area (Å²) in [6.45, 7) is 7.73. The minimum absolute atomic E-state index is 0.0106. The molecule has 1 aliphatic carbocycles. The summed E-state index contributed by atoms with van der Waals surface area (Å²) in [6, 6.07) is 8.47. The van der Waals surface area contributed by atoms with Gasteiger partial charge in [-0.15, -0.1) is 0 Å². The number of hydrogen-bond acceptors (Lipinski definition) is 3. The van der Waals surface area contributed by atoms with E-state index in [1.165, 1.54) is 5.56 Å². The number of rotatable bonds is 5. The molecule has 1 saturated carbocycles. The van der Waals surface area contributed by atoms with E-state index in [9.17, 15) is 5.11 Å². The maximum Gasteiger partial charge on any atom is 0.119 e. The number of benzene rings is 1. The Hall–Kier alpha value is -1.06. The second kappa shape index (κ2) is 5.29. The molecule has 100 valence electrons. The van der Waals surface area contributed by atoms with Crippen molar-refractivity contribution in [2.45, 2.75) is 39.3 Å². The first-order valence-corrected chi connectivity index (χ1v) is 6.61. The highest BCUT2D eigenvalue weighted by molar-refractivity contribution is 5.27. The summed E-state index contributed by atoms with van der Waals surface area (Å²) in [5, 5.41) is 13.1. The van der Waals surface area contributed by atoms with Crippen molar-refractivity contribution in [1.82, 2.24) is 5.32 Å². The van der Waals surface area contributed by atoms with Gasteiger partial charge in [-0.1, -0.05) is 26.0 Å². The third-order valence-corrected chi connectivity index (χ3v) is 3.97. The smallest absolute Gasteiger partial charge is 0.119 e. The number of aliphatic hydroxyl groups is 1. The molecule has 1 fully saturated rings. The summed E-state index contributed by atoms with van der Waals surface area (Å²) < 4.78 is 5.68. The quantitative estimate of drug-likeness (QED) is 0.785. The van der Waals surface area contributed by atoms with Crippen molar-refractivity contribution in [2.24, 2.45) is 5.41 Å². The highest BCUT2D eigenvalue weighted by atomic mass is 16.5. The van der Waals surface area contributed by atoms with E-state index in [1.807, 2.05) is 18.2 Å². The average molecular weight is 249 g/mol. The molecule has 3 heteroatoms. The van der Waals surface area contributed by atoms with E-state index in [1.54, 1.807) is 0 Å². The fourth-order valence-electron chi connectivity index (χ4n) is 2.36. The van der Waals surface area contributed by atoms with E-state index in [2.05, 4.69) is 32.2 Å². The lowest BCUT2D eigenvalue weighted by Crippen LogP contribution is -2.60. The van der Waals surface area contributed by atoms with Gasteiger partial charge >= 0.3 is 0 Å². The molecular formula is C15H23NO2. The normalized spacial score (nSPS) is 25.6. The fourth-order valence-corrected chi connectivity index (χ4v) is 2.36. The van der Waals surface area contributed by atoms with Crippen molar-refractivity contribution in [3.05, 3.63) is 29.8 Å². The Morgan fingerprint density at radius 2 is 2.22 bits per heavy atom. The van der Waals surface area contributed by atoms with E-state index >= 15 is 0 Å². The van der Waals surface area contributed by atoms with Gasteiger partial charge in [0.2, 0.25) is 0 Å². The zero-order chi connectivity index (χ0) is 13.2. The number of aliphatic hydroxyl groups excluding tert-OH is 1. The molecule has 0 aromatic heterocycles. The molecule has 0 radical (unpaired) electrons. The van der Waals surface area contributed by atoms with Crippen LogP contribution in [0.15, 0.2) is 24.3 Å². The van der Waals surface area contributed by atoms with E-state index < -0.39 is 0 Å². The Bertz CT molecular complexity index is 403. The van der Waals surface area contributed by atoms with Crippen molar-refractivity contribution in [3.63, 3.8) is 0 Å². The lowest BCUT2D eigenvalue weighted by molar-refractivity contribution is -0.0728. The second-order valence-electron chi connectivity index (χ2n) is 5.74. The van der Waals surface area contributed by atoms with Crippen LogP contribution in [0.2, 0.25) is 0 Å². The molecule has 2 unspecified atom stereocenters. The van der Waals surface area contributed by atoms with Gasteiger partial charge in [0.1, 0.15) is 12.4 Å². The first-order valence-electron chi connectivity index (χ1n) is 6.61. The molecule has 0 amide bonds. The van der Waals surface area contributed by atoms with E-state index in [4.69, 9.17) is 4.74 Å². The van der Waals surface area contributed by atoms with Gasteiger partial charge in [0.25, 0.3) is 0 Å². The topological polar surface area (TPSA) is 41.5 Å². The summed E-state index contributed by atoms with van der Waals surface area (Å²) in [7, 11) is 0. The van der Waals surface area contributed by atoms with Crippen molar-refractivity contribution < 1.29 is 9.84 Å². The van der Waals surface area contributed by atoms with Crippen molar-refractivity contribution in [2.75, 3.05) is 13.2 Å². The predicted octanol–water partition coefficient (Wildman–Crippen LogP) is 2.12. The van der Waals surface area contributed by atoms with E-state index in [0.717, 1.165) is 18.7 Å². The van der Waals surface area contributed by atoms with Crippen LogP contribution >= 0.6 is 0 Å². The van der Waals surface area contributed by atoms with E-state index in [0.29, 0.717) is 12.6 Å². The maximum atomic E-state index is 9.64. The number of aryl methyl sites for hydroxylation is 1. The van der Waals surface area contributed by atoms with Gasteiger partial charge in [-0.2, -0.15) is 0 Å². The standard InChI is InChI=1S/C15H23NO2/c1-11-5-4-6-12(9-11)18-8-7-16-13-10-14(17)15(13,2)3/h4-6,9,13-14,16-17H,7-8,10H2,1-3H3. The molecule has 2 atom stereocenters. The number of hydrogen-bond donors (Lipinski definition) is 2. The van der Waals surface area contributed by atoms with Crippen LogP contribution in [0.25, 0.3) is 0 Å². The van der Waals surface area contributed by atoms with Gasteiger partial charge in [0.15, 0.2) is 0 Å². The minimum Gasteiger partial charge on any atom is -0.492 e. The van der Waals surface area contributed by atoms with Gasteiger partial charge < -0.3 is 15.2 Å². The average Bonchev–Trinajstić information content (AvgIpc) is 2.33.